The number of nitrogens with zero attached hydrogens (tertiary/aromatic N) is 4. The van der Waals surface area contributed by atoms with Crippen molar-refractivity contribution in [1.29, 1.82) is 0 Å². The zero-order chi connectivity index (χ0) is 18.8. The number of nitrogens with two attached hydrogens (primary N) is 1. The highest BCUT2D eigenvalue weighted by Crippen LogP contribution is 2.23. The summed E-state index contributed by atoms with van der Waals surface area (Å²) in [5.41, 5.74) is 8.27. The Balaban J connectivity index is 1.61. The van der Waals surface area contributed by atoms with Gasteiger partial charge in [0.2, 0.25) is 0 Å². The van der Waals surface area contributed by atoms with Crippen molar-refractivity contribution >= 4 is 34.5 Å². The third-order valence-corrected chi connectivity index (χ3v) is 4.08. The number of halogens is 1. The number of nitrogens with one attached hydrogen (secondary N) is 1. The number of carbonyl (C=O) groups excluding carboxylic acids is 1. The molecule has 0 aliphatic heterocycles. The first-order valence-corrected chi connectivity index (χ1v) is 8.17. The predicted octanol–water partition coefficient (Wildman–Crippen LogP) is 3.15. The fourth-order valence-corrected chi connectivity index (χ4v) is 2.82. The Hall–Kier alpha value is -3.81. The number of hydrogen-bond acceptors (Lipinski definition) is 6. The molecular formula is C19H15FN6O. The van der Waals surface area contributed by atoms with Gasteiger partial charge in [-0.2, -0.15) is 5.10 Å². The quantitative estimate of drug-likeness (QED) is 0.529. The van der Waals surface area contributed by atoms with Gasteiger partial charge in [0.1, 0.15) is 23.8 Å². The van der Waals surface area contributed by atoms with Gasteiger partial charge in [0.05, 0.1) is 17.6 Å². The van der Waals surface area contributed by atoms with E-state index in [0.29, 0.717) is 18.6 Å². The van der Waals surface area contributed by atoms with Crippen LogP contribution in [0.4, 0.5) is 21.7 Å². The van der Waals surface area contributed by atoms with E-state index in [1.807, 2.05) is 30.5 Å². The summed E-state index contributed by atoms with van der Waals surface area (Å²) in [5, 5.41) is 8.47. The number of fused-ring (bicyclic) bond motifs is 1. The average Bonchev–Trinajstić information content (AvgIpc) is 3.03. The van der Waals surface area contributed by atoms with E-state index in [4.69, 9.17) is 5.73 Å². The second-order valence-electron chi connectivity index (χ2n) is 5.99. The van der Waals surface area contributed by atoms with Crippen molar-refractivity contribution in [3.8, 4) is 0 Å². The van der Waals surface area contributed by atoms with Crippen LogP contribution in [-0.2, 0) is 6.54 Å². The number of aldehydes is 1. The van der Waals surface area contributed by atoms with Crippen LogP contribution in [0.25, 0.3) is 10.9 Å². The van der Waals surface area contributed by atoms with Crippen LogP contribution in [0, 0.1) is 5.82 Å². The fourth-order valence-electron chi connectivity index (χ4n) is 2.82. The second-order valence-corrected chi connectivity index (χ2v) is 5.99. The van der Waals surface area contributed by atoms with Gasteiger partial charge in [0.25, 0.3) is 0 Å². The van der Waals surface area contributed by atoms with Gasteiger partial charge >= 0.3 is 0 Å². The number of hydrogen-bond donors (Lipinski definition) is 2. The van der Waals surface area contributed by atoms with Crippen LogP contribution in [0.2, 0.25) is 0 Å². The molecule has 4 aromatic rings. The summed E-state index contributed by atoms with van der Waals surface area (Å²) in [7, 11) is 0. The molecule has 134 valence electrons. The lowest BCUT2D eigenvalue weighted by atomic mass is 10.2. The molecule has 3 N–H and O–H groups in total. The van der Waals surface area contributed by atoms with Crippen molar-refractivity contribution < 1.29 is 9.18 Å². The predicted molar refractivity (Wildman–Crippen MR) is 100 cm³/mol. The van der Waals surface area contributed by atoms with Crippen molar-refractivity contribution in [3.63, 3.8) is 0 Å². The molecule has 0 bridgehead atoms. The van der Waals surface area contributed by atoms with Gasteiger partial charge in [-0.1, -0.05) is 12.1 Å². The lowest BCUT2D eigenvalue weighted by molar-refractivity contribution is 0.112. The highest BCUT2D eigenvalue weighted by Gasteiger charge is 2.09. The minimum atomic E-state index is -0.272. The Morgan fingerprint density at radius 3 is 2.89 bits per heavy atom. The molecule has 27 heavy (non-hydrogen) atoms. The topological polar surface area (TPSA) is 98.7 Å². The lowest BCUT2D eigenvalue weighted by Crippen LogP contribution is -2.04. The molecule has 0 atom stereocenters. The van der Waals surface area contributed by atoms with Crippen LogP contribution in [-0.4, -0.2) is 26.0 Å². The zero-order valence-corrected chi connectivity index (χ0v) is 14.1. The Kier molecular flexibility index (Phi) is 4.21. The highest BCUT2D eigenvalue weighted by atomic mass is 19.1. The second kappa shape index (κ2) is 6.83. The van der Waals surface area contributed by atoms with Gasteiger partial charge in [0, 0.05) is 17.3 Å². The Bertz CT molecular complexity index is 1140. The summed E-state index contributed by atoms with van der Waals surface area (Å²) in [4.78, 5) is 19.1. The maximum Gasteiger partial charge on any atom is 0.157 e. The van der Waals surface area contributed by atoms with Crippen LogP contribution in [0.15, 0.2) is 55.0 Å². The number of anilines is 3. The monoisotopic (exact) mass is 362 g/mol. The van der Waals surface area contributed by atoms with Gasteiger partial charge in [-0.3, -0.25) is 9.48 Å². The van der Waals surface area contributed by atoms with Crippen molar-refractivity contribution in [3.05, 3.63) is 71.9 Å². The van der Waals surface area contributed by atoms with Crippen LogP contribution >= 0.6 is 0 Å². The third-order valence-electron chi connectivity index (χ3n) is 4.08. The molecule has 2 heterocycles. The molecule has 0 spiro atoms. The number of aromatic nitrogens is 4. The lowest BCUT2D eigenvalue weighted by Gasteiger charge is -2.08. The van der Waals surface area contributed by atoms with Gasteiger partial charge in [-0.15, -0.1) is 0 Å². The summed E-state index contributed by atoms with van der Waals surface area (Å²) < 4.78 is 15.1. The van der Waals surface area contributed by atoms with Crippen LogP contribution in [0.1, 0.15) is 15.9 Å². The van der Waals surface area contributed by atoms with E-state index in [1.54, 1.807) is 10.7 Å². The molecule has 7 nitrogen and oxygen atoms in total. The Morgan fingerprint density at radius 1 is 1.19 bits per heavy atom. The van der Waals surface area contributed by atoms with Crippen molar-refractivity contribution in [2.75, 3.05) is 11.1 Å². The molecule has 0 saturated carbocycles. The molecular weight excluding hydrogens is 347 g/mol. The van der Waals surface area contributed by atoms with Crippen LogP contribution in [0.3, 0.4) is 0 Å². The molecule has 2 aromatic heterocycles. The van der Waals surface area contributed by atoms with E-state index in [0.717, 1.165) is 22.2 Å². The maximum atomic E-state index is 13.3. The summed E-state index contributed by atoms with van der Waals surface area (Å²) in [6.45, 7) is 0.465. The van der Waals surface area contributed by atoms with Crippen molar-refractivity contribution in [2.45, 2.75) is 6.54 Å². The third kappa shape index (κ3) is 3.45. The molecule has 8 heteroatoms. The fraction of sp³-hybridized carbons (Fsp3) is 0.0526. The van der Waals surface area contributed by atoms with Gasteiger partial charge in [0.15, 0.2) is 6.29 Å². The standard InChI is InChI=1S/C19H15FN6O/c20-14-3-1-2-12(6-14)8-26-9-13-7-15(4-5-17(13)25-26)24-19-16(10-27)18(21)22-11-23-19/h1-7,9-11H,8H2,(H3,21,22,23,24). The average molecular weight is 362 g/mol. The maximum absolute atomic E-state index is 13.3. The molecule has 0 radical (unpaired) electrons. The van der Waals surface area contributed by atoms with Gasteiger partial charge in [-0.25, -0.2) is 14.4 Å². The summed E-state index contributed by atoms with van der Waals surface area (Å²) in [6.07, 6.45) is 3.79. The van der Waals surface area contributed by atoms with E-state index in [9.17, 15) is 9.18 Å². The molecule has 0 amide bonds. The van der Waals surface area contributed by atoms with Crippen LogP contribution in [0.5, 0.6) is 0 Å². The van der Waals surface area contributed by atoms with Gasteiger partial charge < -0.3 is 11.1 Å². The van der Waals surface area contributed by atoms with E-state index < -0.39 is 0 Å². The number of benzene rings is 2. The van der Waals surface area contributed by atoms with E-state index in [1.165, 1.54) is 18.5 Å². The van der Waals surface area contributed by atoms with Gasteiger partial charge in [-0.05, 0) is 35.9 Å². The van der Waals surface area contributed by atoms with E-state index in [2.05, 4.69) is 20.4 Å². The summed E-state index contributed by atoms with van der Waals surface area (Å²) in [5.74, 6) is 0.182. The number of rotatable bonds is 5. The highest BCUT2D eigenvalue weighted by molar-refractivity contribution is 5.90. The molecule has 0 aliphatic rings. The summed E-state index contributed by atoms with van der Waals surface area (Å²) >= 11 is 0. The molecule has 4 rings (SSSR count). The number of carbonyl (C=O) groups is 1. The first kappa shape index (κ1) is 16.6. The molecule has 0 saturated heterocycles. The minimum Gasteiger partial charge on any atom is -0.383 e. The van der Waals surface area contributed by atoms with E-state index >= 15 is 0 Å². The largest absolute Gasteiger partial charge is 0.383 e. The zero-order valence-electron chi connectivity index (χ0n) is 14.1. The molecule has 2 aromatic carbocycles. The van der Waals surface area contributed by atoms with Crippen LogP contribution < -0.4 is 11.1 Å². The van der Waals surface area contributed by atoms with Crippen molar-refractivity contribution in [2.24, 2.45) is 0 Å². The van der Waals surface area contributed by atoms with Crippen molar-refractivity contribution in [1.82, 2.24) is 19.7 Å². The Morgan fingerprint density at radius 2 is 2.07 bits per heavy atom. The minimum absolute atomic E-state index is 0.117. The van der Waals surface area contributed by atoms with E-state index in [-0.39, 0.29) is 17.2 Å². The molecule has 0 aliphatic carbocycles. The Labute approximate surface area is 153 Å². The smallest absolute Gasteiger partial charge is 0.157 e. The first-order chi connectivity index (χ1) is 13.1. The first-order valence-electron chi connectivity index (χ1n) is 8.17. The molecule has 0 unspecified atom stereocenters. The normalized spacial score (nSPS) is 10.9. The SMILES string of the molecule is Nc1ncnc(Nc2ccc3nn(Cc4cccc(F)c4)cc3c2)c1C=O. The number of nitrogen functional groups attached to an aromatic ring is 1. The molecule has 0 fully saturated rings. The summed E-state index contributed by atoms with van der Waals surface area (Å²) in [6, 6.07) is 12.0.